The Bertz CT molecular complexity index is 805. The highest BCUT2D eigenvalue weighted by atomic mass is 32.2. The molecule has 1 aromatic rings. The second-order valence-corrected chi connectivity index (χ2v) is 7.42. The molecule has 0 radical (unpaired) electrons. The zero-order valence-corrected chi connectivity index (χ0v) is 15.8. The lowest BCUT2D eigenvalue weighted by molar-refractivity contribution is -0.384. The molecule has 3 rings (SSSR count). The van der Waals surface area contributed by atoms with E-state index in [1.54, 1.807) is 31.7 Å². The van der Waals surface area contributed by atoms with Crippen LogP contribution in [0.2, 0.25) is 0 Å². The number of hydrogen-bond donors (Lipinski definition) is 0. The summed E-state index contributed by atoms with van der Waals surface area (Å²) in [4.78, 5) is 30.1. The second kappa shape index (κ2) is 7.49. The maximum atomic E-state index is 12.7. The fourth-order valence-electron chi connectivity index (χ4n) is 3.26. The largest absolute Gasteiger partial charge is 0.463 e. The number of nitrogens with zero attached hydrogens (tertiary/aromatic N) is 3. The minimum atomic E-state index is -0.434. The molecule has 0 amide bonds. The van der Waals surface area contributed by atoms with Crippen LogP contribution in [0.25, 0.3) is 0 Å². The molecule has 1 aromatic carbocycles. The summed E-state index contributed by atoms with van der Waals surface area (Å²) in [6, 6.07) is 6.02. The third kappa shape index (κ3) is 3.46. The lowest BCUT2D eigenvalue weighted by Gasteiger charge is -2.42. The normalized spacial score (nSPS) is 22.6. The molecule has 7 nitrogen and oxygen atoms in total. The standard InChI is InChI=1S/C18H21N3O4S/c1-4-25-17(22)15-12(3)19-18-20(9-11(2)10-26-18)16(15)13-6-5-7-14(8-13)21(23)24/h5-8,11,16H,4,9-10H2,1-3H3. The fourth-order valence-corrected chi connectivity index (χ4v) is 4.35. The first-order valence-electron chi connectivity index (χ1n) is 8.52. The molecular formula is C18H21N3O4S. The van der Waals surface area contributed by atoms with Gasteiger partial charge in [-0.05, 0) is 25.3 Å². The highest BCUT2D eigenvalue weighted by Crippen LogP contribution is 2.41. The molecular weight excluding hydrogens is 354 g/mol. The predicted molar refractivity (Wildman–Crippen MR) is 101 cm³/mol. The average molecular weight is 375 g/mol. The van der Waals surface area contributed by atoms with Crippen molar-refractivity contribution in [1.82, 2.24) is 4.90 Å². The Kier molecular flexibility index (Phi) is 5.31. The number of thioether (sulfide) groups is 1. The van der Waals surface area contributed by atoms with E-state index in [0.29, 0.717) is 22.8 Å². The van der Waals surface area contributed by atoms with Gasteiger partial charge in [-0.15, -0.1) is 0 Å². The van der Waals surface area contributed by atoms with Gasteiger partial charge in [-0.25, -0.2) is 9.79 Å². The van der Waals surface area contributed by atoms with E-state index in [9.17, 15) is 14.9 Å². The number of allylic oxidation sites excluding steroid dienone is 1. The van der Waals surface area contributed by atoms with Crippen LogP contribution in [-0.2, 0) is 9.53 Å². The van der Waals surface area contributed by atoms with E-state index in [1.165, 1.54) is 12.1 Å². The van der Waals surface area contributed by atoms with Crippen LogP contribution in [-0.4, -0.2) is 39.9 Å². The van der Waals surface area contributed by atoms with Gasteiger partial charge in [0.05, 0.1) is 28.8 Å². The molecule has 0 bridgehead atoms. The summed E-state index contributed by atoms with van der Waals surface area (Å²) >= 11 is 1.65. The number of carbonyl (C=O) groups is 1. The number of carbonyl (C=O) groups excluding carboxylic acids is 1. The molecule has 26 heavy (non-hydrogen) atoms. The Morgan fingerprint density at radius 1 is 1.50 bits per heavy atom. The summed E-state index contributed by atoms with van der Waals surface area (Å²) in [5, 5.41) is 12.1. The number of rotatable bonds is 4. The molecule has 2 aliphatic rings. The van der Waals surface area contributed by atoms with Crippen LogP contribution in [0, 0.1) is 16.0 Å². The molecule has 0 saturated carbocycles. The third-order valence-corrected chi connectivity index (χ3v) is 5.70. The van der Waals surface area contributed by atoms with Crippen LogP contribution in [0.4, 0.5) is 5.69 Å². The quantitative estimate of drug-likeness (QED) is 0.455. The van der Waals surface area contributed by atoms with Crippen molar-refractivity contribution in [3.05, 3.63) is 51.2 Å². The van der Waals surface area contributed by atoms with Gasteiger partial charge in [-0.2, -0.15) is 0 Å². The van der Waals surface area contributed by atoms with Crippen LogP contribution in [0.1, 0.15) is 32.4 Å². The van der Waals surface area contributed by atoms with E-state index in [2.05, 4.69) is 16.8 Å². The van der Waals surface area contributed by atoms with Crippen LogP contribution in [0.3, 0.4) is 0 Å². The molecule has 0 aromatic heterocycles. The number of amidine groups is 1. The lowest BCUT2D eigenvalue weighted by atomic mass is 9.93. The zero-order chi connectivity index (χ0) is 18.8. The van der Waals surface area contributed by atoms with Gasteiger partial charge in [0.2, 0.25) is 0 Å². The summed E-state index contributed by atoms with van der Waals surface area (Å²) in [5.41, 5.74) is 1.76. The van der Waals surface area contributed by atoms with E-state index in [0.717, 1.165) is 17.5 Å². The van der Waals surface area contributed by atoms with E-state index < -0.39 is 16.9 Å². The Morgan fingerprint density at radius 3 is 2.96 bits per heavy atom. The predicted octanol–water partition coefficient (Wildman–Crippen LogP) is 3.53. The Balaban J connectivity index is 2.12. The van der Waals surface area contributed by atoms with Gasteiger partial charge < -0.3 is 9.64 Å². The molecule has 2 heterocycles. The minimum absolute atomic E-state index is 0.00475. The Hall–Kier alpha value is -2.35. The fraction of sp³-hybridized carbons (Fsp3) is 0.444. The van der Waals surface area contributed by atoms with Crippen LogP contribution >= 0.6 is 11.8 Å². The summed E-state index contributed by atoms with van der Waals surface area (Å²) in [6.45, 7) is 6.68. The maximum absolute atomic E-state index is 12.7. The number of nitro groups is 1. The molecule has 138 valence electrons. The number of non-ortho nitro benzene ring substituents is 1. The summed E-state index contributed by atoms with van der Waals surface area (Å²) in [5.74, 6) is 0.952. The third-order valence-electron chi connectivity index (χ3n) is 4.38. The van der Waals surface area contributed by atoms with Crippen LogP contribution in [0.15, 0.2) is 40.5 Å². The van der Waals surface area contributed by atoms with Gasteiger partial charge in [0.1, 0.15) is 0 Å². The number of nitro benzene ring substituents is 1. The van der Waals surface area contributed by atoms with E-state index in [4.69, 9.17) is 4.74 Å². The lowest BCUT2D eigenvalue weighted by Crippen LogP contribution is -2.45. The Morgan fingerprint density at radius 2 is 2.27 bits per heavy atom. The summed E-state index contributed by atoms with van der Waals surface area (Å²) < 4.78 is 5.25. The van der Waals surface area contributed by atoms with Gasteiger partial charge in [-0.1, -0.05) is 30.8 Å². The molecule has 2 unspecified atom stereocenters. The molecule has 0 N–H and O–H groups in total. The van der Waals surface area contributed by atoms with Crippen molar-refractivity contribution in [3.8, 4) is 0 Å². The second-order valence-electron chi connectivity index (χ2n) is 6.44. The van der Waals surface area contributed by atoms with Crippen LogP contribution < -0.4 is 0 Å². The van der Waals surface area contributed by atoms with Crippen molar-refractivity contribution >= 4 is 28.6 Å². The molecule has 1 saturated heterocycles. The van der Waals surface area contributed by atoms with Gasteiger partial charge in [0, 0.05) is 24.4 Å². The molecule has 8 heteroatoms. The number of fused-ring (bicyclic) bond motifs is 1. The first-order chi connectivity index (χ1) is 12.4. The monoisotopic (exact) mass is 375 g/mol. The molecule has 1 fully saturated rings. The van der Waals surface area contributed by atoms with Gasteiger partial charge in [0.25, 0.3) is 5.69 Å². The number of benzene rings is 1. The maximum Gasteiger partial charge on any atom is 0.338 e. The first-order valence-corrected chi connectivity index (χ1v) is 9.51. The van der Waals surface area contributed by atoms with E-state index in [-0.39, 0.29) is 12.3 Å². The number of aliphatic imine (C=N–C) groups is 1. The van der Waals surface area contributed by atoms with Crippen molar-refractivity contribution in [2.24, 2.45) is 10.9 Å². The smallest absolute Gasteiger partial charge is 0.338 e. The zero-order valence-electron chi connectivity index (χ0n) is 15.0. The number of ether oxygens (including phenoxy) is 1. The number of esters is 1. The molecule has 0 spiro atoms. The van der Waals surface area contributed by atoms with Crippen molar-refractivity contribution in [3.63, 3.8) is 0 Å². The van der Waals surface area contributed by atoms with Crippen LogP contribution in [0.5, 0.6) is 0 Å². The van der Waals surface area contributed by atoms with Crippen molar-refractivity contribution in [1.29, 1.82) is 0 Å². The highest BCUT2D eigenvalue weighted by molar-refractivity contribution is 8.13. The highest BCUT2D eigenvalue weighted by Gasteiger charge is 2.39. The van der Waals surface area contributed by atoms with Gasteiger partial charge in [0.15, 0.2) is 5.17 Å². The van der Waals surface area contributed by atoms with Crippen molar-refractivity contribution < 1.29 is 14.5 Å². The topological polar surface area (TPSA) is 85.0 Å². The summed E-state index contributed by atoms with van der Waals surface area (Å²) in [6.07, 6.45) is 0. The van der Waals surface area contributed by atoms with Crippen molar-refractivity contribution in [2.45, 2.75) is 26.8 Å². The van der Waals surface area contributed by atoms with E-state index >= 15 is 0 Å². The Labute approximate surface area is 156 Å². The molecule has 0 aliphatic carbocycles. The molecule has 2 atom stereocenters. The SMILES string of the molecule is CCOC(=O)C1=C(C)N=C2SCC(C)CN2C1c1cccc([N+](=O)[O-])c1. The van der Waals surface area contributed by atoms with Gasteiger partial charge >= 0.3 is 5.97 Å². The minimum Gasteiger partial charge on any atom is -0.463 e. The molecule has 2 aliphatic heterocycles. The van der Waals surface area contributed by atoms with Gasteiger partial charge in [-0.3, -0.25) is 10.1 Å². The van der Waals surface area contributed by atoms with E-state index in [1.807, 2.05) is 6.07 Å². The van der Waals surface area contributed by atoms with Crippen molar-refractivity contribution in [2.75, 3.05) is 18.9 Å². The average Bonchev–Trinajstić information content (AvgIpc) is 2.61. The first kappa shape index (κ1) is 18.4. The summed E-state index contributed by atoms with van der Waals surface area (Å²) in [7, 11) is 0. The number of hydrogen-bond acceptors (Lipinski definition) is 7.